The molecule has 0 heterocycles. The van der Waals surface area contributed by atoms with Crippen molar-refractivity contribution >= 4 is 12.2 Å². The van der Waals surface area contributed by atoms with Crippen molar-refractivity contribution in [3.8, 4) is 0 Å². The van der Waals surface area contributed by atoms with Gasteiger partial charge < -0.3 is 16.4 Å². The summed E-state index contributed by atoms with van der Waals surface area (Å²) < 4.78 is 0. The lowest BCUT2D eigenvalue weighted by Gasteiger charge is -2.03. The van der Waals surface area contributed by atoms with Crippen LogP contribution < -0.4 is 16.4 Å². The molecule has 0 atom stereocenters. The Morgan fingerprint density at radius 3 is 2.43 bits per heavy atom. The van der Waals surface area contributed by atoms with E-state index in [1.54, 1.807) is 0 Å². The van der Waals surface area contributed by atoms with Gasteiger partial charge in [-0.15, -0.1) is 0 Å². The van der Waals surface area contributed by atoms with Crippen LogP contribution >= 0.6 is 0 Å². The molecule has 4 N–H and O–H groups in total. The standard InChI is InChI=1S/C9H19N3O2/c10-4-3-6-11-5-1-2-7-12-9(14)8-13/h8,11H,1-7,10H2,(H,12,14). The maximum Gasteiger partial charge on any atom is 0.284 e. The van der Waals surface area contributed by atoms with Gasteiger partial charge in [0, 0.05) is 6.54 Å². The van der Waals surface area contributed by atoms with E-state index < -0.39 is 5.91 Å². The van der Waals surface area contributed by atoms with Gasteiger partial charge in [-0.25, -0.2) is 0 Å². The molecule has 14 heavy (non-hydrogen) atoms. The van der Waals surface area contributed by atoms with Crippen molar-refractivity contribution in [2.45, 2.75) is 19.3 Å². The lowest BCUT2D eigenvalue weighted by Crippen LogP contribution is -2.26. The molecule has 0 rings (SSSR count). The molecule has 0 aliphatic carbocycles. The van der Waals surface area contributed by atoms with E-state index in [4.69, 9.17) is 5.73 Å². The molecular weight excluding hydrogens is 182 g/mol. The highest BCUT2D eigenvalue weighted by Gasteiger charge is 1.95. The normalized spacial score (nSPS) is 9.79. The molecule has 0 unspecified atom stereocenters. The first-order chi connectivity index (χ1) is 6.81. The molecule has 0 saturated heterocycles. The molecule has 0 saturated carbocycles. The Balaban J connectivity index is 2.99. The summed E-state index contributed by atoms with van der Waals surface area (Å²) >= 11 is 0. The second kappa shape index (κ2) is 10.1. The monoisotopic (exact) mass is 201 g/mol. The minimum Gasteiger partial charge on any atom is -0.350 e. The first-order valence-corrected chi connectivity index (χ1v) is 4.95. The topological polar surface area (TPSA) is 84.2 Å². The molecule has 0 spiro atoms. The van der Waals surface area contributed by atoms with Gasteiger partial charge >= 0.3 is 0 Å². The molecular formula is C9H19N3O2. The lowest BCUT2D eigenvalue weighted by molar-refractivity contribution is -0.131. The van der Waals surface area contributed by atoms with E-state index >= 15 is 0 Å². The fraction of sp³-hybridized carbons (Fsp3) is 0.778. The lowest BCUT2D eigenvalue weighted by atomic mass is 10.3. The van der Waals surface area contributed by atoms with Crippen molar-refractivity contribution < 1.29 is 9.59 Å². The summed E-state index contributed by atoms with van der Waals surface area (Å²) in [6.45, 7) is 3.15. The highest BCUT2D eigenvalue weighted by Crippen LogP contribution is 1.84. The van der Waals surface area contributed by atoms with Crippen LogP contribution in [0.4, 0.5) is 0 Å². The van der Waals surface area contributed by atoms with Crippen molar-refractivity contribution in [3.05, 3.63) is 0 Å². The molecule has 0 aromatic carbocycles. The van der Waals surface area contributed by atoms with Crippen LogP contribution in [0.3, 0.4) is 0 Å². The summed E-state index contributed by atoms with van der Waals surface area (Å²) in [4.78, 5) is 20.4. The third-order valence-electron chi connectivity index (χ3n) is 1.74. The Kier molecular flexibility index (Phi) is 9.46. The van der Waals surface area contributed by atoms with Gasteiger partial charge in [0.2, 0.25) is 6.29 Å². The number of hydrogen-bond acceptors (Lipinski definition) is 4. The summed E-state index contributed by atoms with van der Waals surface area (Å²) in [5, 5.41) is 5.71. The van der Waals surface area contributed by atoms with Gasteiger partial charge in [0.1, 0.15) is 0 Å². The van der Waals surface area contributed by atoms with Gasteiger partial charge in [0.15, 0.2) is 0 Å². The molecule has 0 aromatic rings. The maximum absolute atomic E-state index is 10.5. The van der Waals surface area contributed by atoms with E-state index in [1.165, 1.54) is 0 Å². The predicted octanol–water partition coefficient (Wildman–Crippen LogP) is -0.980. The number of unbranched alkanes of at least 4 members (excludes halogenated alkanes) is 1. The van der Waals surface area contributed by atoms with E-state index in [-0.39, 0.29) is 0 Å². The Labute approximate surface area is 84.4 Å². The molecule has 1 amide bonds. The van der Waals surface area contributed by atoms with E-state index in [0.29, 0.717) is 19.4 Å². The fourth-order valence-corrected chi connectivity index (χ4v) is 0.980. The molecule has 5 nitrogen and oxygen atoms in total. The number of amides is 1. The van der Waals surface area contributed by atoms with Crippen LogP contribution in [0.1, 0.15) is 19.3 Å². The summed E-state index contributed by atoms with van der Waals surface area (Å²) in [5.41, 5.74) is 5.32. The Morgan fingerprint density at radius 2 is 1.79 bits per heavy atom. The molecule has 0 radical (unpaired) electrons. The molecule has 82 valence electrons. The summed E-state index contributed by atoms with van der Waals surface area (Å²) in [5.74, 6) is -0.541. The van der Waals surface area contributed by atoms with Gasteiger partial charge in [0.25, 0.3) is 5.91 Å². The number of nitrogens with two attached hydrogens (primary N) is 1. The number of aldehydes is 1. The highest BCUT2D eigenvalue weighted by atomic mass is 16.2. The van der Waals surface area contributed by atoms with Crippen molar-refractivity contribution in [2.24, 2.45) is 5.73 Å². The van der Waals surface area contributed by atoms with Crippen LogP contribution in [0, 0.1) is 0 Å². The Morgan fingerprint density at radius 1 is 1.14 bits per heavy atom. The quantitative estimate of drug-likeness (QED) is 0.254. The zero-order valence-corrected chi connectivity index (χ0v) is 8.42. The van der Waals surface area contributed by atoms with Crippen LogP contribution in [0.2, 0.25) is 0 Å². The first kappa shape index (κ1) is 13.1. The van der Waals surface area contributed by atoms with E-state index in [1.807, 2.05) is 0 Å². The number of hydrogen-bond donors (Lipinski definition) is 3. The highest BCUT2D eigenvalue weighted by molar-refractivity contribution is 6.23. The second-order valence-electron chi connectivity index (χ2n) is 3.01. The maximum atomic E-state index is 10.5. The number of carbonyl (C=O) groups excluding carboxylic acids is 2. The molecule has 5 heteroatoms. The van der Waals surface area contributed by atoms with Crippen LogP contribution in [0.5, 0.6) is 0 Å². The fourth-order valence-electron chi connectivity index (χ4n) is 0.980. The van der Waals surface area contributed by atoms with Crippen molar-refractivity contribution in [3.63, 3.8) is 0 Å². The number of nitrogens with one attached hydrogen (secondary N) is 2. The van der Waals surface area contributed by atoms with Crippen LogP contribution in [0.25, 0.3) is 0 Å². The van der Waals surface area contributed by atoms with Crippen molar-refractivity contribution in [1.82, 2.24) is 10.6 Å². The molecule has 0 aliphatic rings. The zero-order chi connectivity index (χ0) is 10.6. The van der Waals surface area contributed by atoms with E-state index in [2.05, 4.69) is 10.6 Å². The molecule has 0 aromatic heterocycles. The van der Waals surface area contributed by atoms with Crippen molar-refractivity contribution in [1.29, 1.82) is 0 Å². The third kappa shape index (κ3) is 9.15. The van der Waals surface area contributed by atoms with Crippen LogP contribution in [0.15, 0.2) is 0 Å². The number of rotatable bonds is 9. The minimum absolute atomic E-state index is 0.291. The van der Waals surface area contributed by atoms with Gasteiger partial charge in [0.05, 0.1) is 0 Å². The largest absolute Gasteiger partial charge is 0.350 e. The summed E-state index contributed by atoms with van der Waals surface area (Å²) in [7, 11) is 0. The van der Waals surface area contributed by atoms with Crippen LogP contribution in [-0.2, 0) is 9.59 Å². The van der Waals surface area contributed by atoms with E-state index in [0.717, 1.165) is 32.4 Å². The molecule has 0 fully saturated rings. The smallest absolute Gasteiger partial charge is 0.284 e. The predicted molar refractivity (Wildman–Crippen MR) is 54.8 cm³/mol. The van der Waals surface area contributed by atoms with Crippen LogP contribution in [-0.4, -0.2) is 38.4 Å². The van der Waals surface area contributed by atoms with Gasteiger partial charge in [-0.2, -0.15) is 0 Å². The van der Waals surface area contributed by atoms with Crippen molar-refractivity contribution in [2.75, 3.05) is 26.2 Å². The third-order valence-corrected chi connectivity index (χ3v) is 1.74. The zero-order valence-electron chi connectivity index (χ0n) is 8.42. The Bertz CT molecular complexity index is 162. The van der Waals surface area contributed by atoms with Gasteiger partial charge in [-0.05, 0) is 38.9 Å². The SMILES string of the molecule is NCCCNCCCCNC(=O)C=O. The first-order valence-electron chi connectivity index (χ1n) is 4.95. The molecule has 0 aliphatic heterocycles. The average Bonchev–Trinajstić information content (AvgIpc) is 2.21. The second-order valence-corrected chi connectivity index (χ2v) is 3.01. The average molecular weight is 201 g/mol. The van der Waals surface area contributed by atoms with E-state index in [9.17, 15) is 9.59 Å². The number of carbonyl (C=O) groups is 2. The van der Waals surface area contributed by atoms with Gasteiger partial charge in [-0.1, -0.05) is 0 Å². The summed E-state index contributed by atoms with van der Waals surface area (Å²) in [6, 6.07) is 0. The summed E-state index contributed by atoms with van der Waals surface area (Å²) in [6.07, 6.45) is 3.15. The van der Waals surface area contributed by atoms with Gasteiger partial charge in [-0.3, -0.25) is 9.59 Å². The molecule has 0 bridgehead atoms. The minimum atomic E-state index is -0.541. The Hall–Kier alpha value is -0.940.